The van der Waals surface area contributed by atoms with Crippen LogP contribution in [0.1, 0.15) is 13.8 Å². The molecule has 0 aromatic carbocycles. The van der Waals surface area contributed by atoms with Gasteiger partial charge in [-0.1, -0.05) is 12.2 Å². The fourth-order valence-electron chi connectivity index (χ4n) is 0.330. The quantitative estimate of drug-likeness (QED) is 0.438. The molecule has 0 aliphatic heterocycles. The van der Waals surface area contributed by atoms with Gasteiger partial charge < -0.3 is 5.11 Å². The summed E-state index contributed by atoms with van der Waals surface area (Å²) < 4.78 is 0. The Morgan fingerprint density at radius 1 is 1.78 bits per heavy atom. The van der Waals surface area contributed by atoms with Crippen LogP contribution in [0.25, 0.3) is 0 Å². The molecule has 1 unspecified atom stereocenters. The Bertz CT molecular complexity index is 148. The number of hydrogen-bond donors (Lipinski definition) is 1. The summed E-state index contributed by atoms with van der Waals surface area (Å²) in [5.74, 6) is 0. The Balaban J connectivity index is 3.82. The Morgan fingerprint density at radius 3 is 2.67 bits per heavy atom. The van der Waals surface area contributed by atoms with Crippen molar-refractivity contribution in [1.29, 1.82) is 0 Å². The molecule has 0 aliphatic rings. The molecule has 0 fully saturated rings. The summed E-state index contributed by atoms with van der Waals surface area (Å²) in [5.41, 5.74) is 3.72. The first-order valence-electron chi connectivity index (χ1n) is 2.89. The molecule has 1 N–H and O–H groups in total. The lowest BCUT2D eigenvalue weighted by molar-refractivity contribution is 0.244. The molecule has 0 bridgehead atoms. The molecule has 0 aromatic rings. The molecule has 0 aromatic heterocycles. The van der Waals surface area contributed by atoms with Crippen molar-refractivity contribution in [2.24, 2.45) is 0 Å². The Morgan fingerprint density at radius 2 is 2.33 bits per heavy atom. The Kier molecular flexibility index (Phi) is 3.78. The molecule has 0 amide bonds. The molecule has 0 aliphatic carbocycles. The highest BCUT2D eigenvalue weighted by atomic mass is 16.3. The van der Waals surface area contributed by atoms with E-state index in [1.807, 2.05) is 6.92 Å². The van der Waals surface area contributed by atoms with Crippen LogP contribution in [-0.2, 0) is 0 Å². The summed E-state index contributed by atoms with van der Waals surface area (Å²) in [7, 11) is 0. The molecule has 0 rings (SSSR count). The molecule has 9 heavy (non-hydrogen) atoms. The number of allylic oxidation sites excluding steroid dienone is 1. The van der Waals surface area contributed by atoms with E-state index in [1.54, 1.807) is 19.1 Å². The summed E-state index contributed by atoms with van der Waals surface area (Å²) in [4.78, 5) is 0. The molecule has 0 heterocycles. The molecule has 1 nitrogen and oxygen atoms in total. The molecular weight excluding hydrogens is 112 g/mol. The van der Waals surface area contributed by atoms with Gasteiger partial charge in [0.05, 0.1) is 6.10 Å². The van der Waals surface area contributed by atoms with Gasteiger partial charge in [0, 0.05) is 0 Å². The molecule has 0 saturated carbocycles. The van der Waals surface area contributed by atoms with Crippen LogP contribution in [0.2, 0.25) is 0 Å². The number of hydrogen-bond acceptors (Lipinski definition) is 1. The van der Waals surface area contributed by atoms with E-state index in [0.717, 1.165) is 5.57 Å². The second kappa shape index (κ2) is 4.13. The first-order valence-corrected chi connectivity index (χ1v) is 2.89. The second-order valence-electron chi connectivity index (χ2n) is 2.06. The monoisotopic (exact) mass is 124 g/mol. The van der Waals surface area contributed by atoms with Gasteiger partial charge in [-0.25, -0.2) is 0 Å². The van der Waals surface area contributed by atoms with Crippen molar-refractivity contribution < 1.29 is 5.11 Å². The minimum Gasteiger partial charge on any atom is -0.389 e. The second-order valence-corrected chi connectivity index (χ2v) is 2.06. The minimum absolute atomic E-state index is 0.416. The van der Waals surface area contributed by atoms with E-state index >= 15 is 0 Å². The zero-order valence-electron chi connectivity index (χ0n) is 5.89. The summed E-state index contributed by atoms with van der Waals surface area (Å²) in [5, 5.41) is 8.70. The van der Waals surface area contributed by atoms with E-state index in [2.05, 4.69) is 12.3 Å². The fourth-order valence-corrected chi connectivity index (χ4v) is 0.330. The van der Waals surface area contributed by atoms with E-state index in [0.29, 0.717) is 0 Å². The van der Waals surface area contributed by atoms with Crippen LogP contribution in [0.3, 0.4) is 0 Å². The molecule has 50 valence electrons. The smallest absolute Gasteiger partial charge is 0.0766 e. The maximum absolute atomic E-state index is 8.70. The Hall–Kier alpha value is -0.780. The zero-order valence-corrected chi connectivity index (χ0v) is 5.89. The topological polar surface area (TPSA) is 20.2 Å². The maximum atomic E-state index is 8.70. The normalized spacial score (nSPS) is 11.4. The van der Waals surface area contributed by atoms with Gasteiger partial charge in [-0.2, -0.15) is 0 Å². The fraction of sp³-hybridized carbons (Fsp3) is 0.375. The van der Waals surface area contributed by atoms with Gasteiger partial charge in [0.1, 0.15) is 0 Å². The Labute approximate surface area is 56.0 Å². The molecule has 0 saturated heterocycles. The standard InChI is InChI=1S/C8H12O/c1-7(2)5-4-6-8(3)9/h5-6,8-9H,1H2,2-3H3. The average molecular weight is 124 g/mol. The highest BCUT2D eigenvalue weighted by molar-refractivity contribution is 5.10. The molecule has 0 spiro atoms. The number of rotatable bonds is 2. The van der Waals surface area contributed by atoms with Gasteiger partial charge in [0.15, 0.2) is 0 Å². The first kappa shape index (κ1) is 8.22. The van der Waals surface area contributed by atoms with Crippen molar-refractivity contribution in [2.75, 3.05) is 0 Å². The van der Waals surface area contributed by atoms with Crippen molar-refractivity contribution in [2.45, 2.75) is 20.0 Å². The lowest BCUT2D eigenvalue weighted by atomic mass is 10.3. The highest BCUT2D eigenvalue weighted by Crippen LogP contribution is 1.86. The van der Waals surface area contributed by atoms with Crippen LogP contribution < -0.4 is 0 Å². The largest absolute Gasteiger partial charge is 0.389 e. The molecule has 0 radical (unpaired) electrons. The van der Waals surface area contributed by atoms with Crippen LogP contribution in [0, 0.1) is 0 Å². The van der Waals surface area contributed by atoms with Gasteiger partial charge in [0.25, 0.3) is 0 Å². The van der Waals surface area contributed by atoms with E-state index in [-0.39, 0.29) is 0 Å². The molecular formula is C8H12O. The first-order chi connectivity index (χ1) is 4.13. The van der Waals surface area contributed by atoms with Gasteiger partial charge in [0.2, 0.25) is 0 Å². The molecule has 1 heteroatoms. The molecule has 1 atom stereocenters. The van der Waals surface area contributed by atoms with Gasteiger partial charge in [-0.05, 0) is 26.0 Å². The van der Waals surface area contributed by atoms with Crippen molar-refractivity contribution in [3.05, 3.63) is 30.0 Å². The highest BCUT2D eigenvalue weighted by Gasteiger charge is 1.79. The van der Waals surface area contributed by atoms with Gasteiger partial charge in [-0.15, -0.1) is 5.73 Å². The SMILES string of the molecule is C=C(C)C=C=CC(C)O. The van der Waals surface area contributed by atoms with Crippen LogP contribution in [0.15, 0.2) is 30.0 Å². The van der Waals surface area contributed by atoms with Crippen molar-refractivity contribution >= 4 is 0 Å². The number of aliphatic hydroxyl groups is 1. The van der Waals surface area contributed by atoms with Crippen LogP contribution in [0.4, 0.5) is 0 Å². The van der Waals surface area contributed by atoms with Gasteiger partial charge >= 0.3 is 0 Å². The van der Waals surface area contributed by atoms with E-state index in [4.69, 9.17) is 5.11 Å². The van der Waals surface area contributed by atoms with Crippen LogP contribution >= 0.6 is 0 Å². The average Bonchev–Trinajstić information content (AvgIpc) is 1.63. The van der Waals surface area contributed by atoms with Crippen LogP contribution in [0.5, 0.6) is 0 Å². The third-order valence-electron chi connectivity index (χ3n) is 0.667. The van der Waals surface area contributed by atoms with Crippen molar-refractivity contribution in [1.82, 2.24) is 0 Å². The van der Waals surface area contributed by atoms with E-state index < -0.39 is 6.10 Å². The third kappa shape index (κ3) is 7.22. The van der Waals surface area contributed by atoms with E-state index in [1.165, 1.54) is 0 Å². The van der Waals surface area contributed by atoms with E-state index in [9.17, 15) is 0 Å². The summed E-state index contributed by atoms with van der Waals surface area (Å²) in [6.45, 7) is 7.19. The summed E-state index contributed by atoms with van der Waals surface area (Å²) in [6.07, 6.45) is 2.89. The predicted octanol–water partition coefficient (Wildman–Crippen LogP) is 1.65. The summed E-state index contributed by atoms with van der Waals surface area (Å²) >= 11 is 0. The number of aliphatic hydroxyl groups excluding tert-OH is 1. The minimum atomic E-state index is -0.416. The zero-order chi connectivity index (χ0) is 7.28. The van der Waals surface area contributed by atoms with Crippen molar-refractivity contribution in [3.63, 3.8) is 0 Å². The lowest BCUT2D eigenvalue weighted by Crippen LogP contribution is -1.89. The van der Waals surface area contributed by atoms with Crippen LogP contribution in [-0.4, -0.2) is 11.2 Å². The summed E-state index contributed by atoms with van der Waals surface area (Å²) in [6, 6.07) is 0. The van der Waals surface area contributed by atoms with Crippen molar-refractivity contribution in [3.8, 4) is 0 Å². The maximum Gasteiger partial charge on any atom is 0.0766 e. The predicted molar refractivity (Wildman–Crippen MR) is 39.1 cm³/mol. The third-order valence-corrected chi connectivity index (χ3v) is 0.667. The van der Waals surface area contributed by atoms with Gasteiger partial charge in [-0.3, -0.25) is 0 Å². The lowest BCUT2D eigenvalue weighted by Gasteiger charge is -1.86.